The summed E-state index contributed by atoms with van der Waals surface area (Å²) in [5, 5.41) is 3.58. The summed E-state index contributed by atoms with van der Waals surface area (Å²) in [6.07, 6.45) is 0. The molecular weight excluding hydrogens is 466 g/mol. The quantitative estimate of drug-likeness (QED) is 0.461. The van der Waals surface area contributed by atoms with Gasteiger partial charge in [-0.3, -0.25) is 4.79 Å². The van der Waals surface area contributed by atoms with E-state index in [0.717, 1.165) is 0 Å². The molecule has 8 nitrogen and oxygen atoms in total. The van der Waals surface area contributed by atoms with Crippen molar-refractivity contribution in [3.05, 3.63) is 64.4 Å². The van der Waals surface area contributed by atoms with E-state index < -0.39 is 21.0 Å². The fourth-order valence-electron chi connectivity index (χ4n) is 3.27. The monoisotopic (exact) mass is 491 g/mol. The van der Waals surface area contributed by atoms with Crippen LogP contribution in [0.3, 0.4) is 0 Å². The fourth-order valence-corrected chi connectivity index (χ4v) is 6.05. The van der Waals surface area contributed by atoms with Gasteiger partial charge in [0, 0.05) is 17.0 Å². The van der Waals surface area contributed by atoms with Gasteiger partial charge in [-0.05, 0) is 47.8 Å². The van der Waals surface area contributed by atoms with Gasteiger partial charge in [-0.15, -0.1) is 11.3 Å². The first-order chi connectivity index (χ1) is 15.8. The van der Waals surface area contributed by atoms with E-state index in [-0.39, 0.29) is 17.0 Å². The van der Waals surface area contributed by atoms with Crippen LogP contribution >= 0.6 is 11.3 Å². The Kier molecular flexibility index (Phi) is 7.83. The van der Waals surface area contributed by atoms with Crippen LogP contribution in [-0.2, 0) is 9.84 Å². The molecule has 10 heteroatoms. The van der Waals surface area contributed by atoms with Crippen molar-refractivity contribution in [1.82, 2.24) is 5.32 Å². The summed E-state index contributed by atoms with van der Waals surface area (Å²) < 4.78 is 47.8. The van der Waals surface area contributed by atoms with Crippen LogP contribution in [0.25, 0.3) is 0 Å². The molecule has 0 aliphatic carbocycles. The van der Waals surface area contributed by atoms with Crippen molar-refractivity contribution < 1.29 is 32.2 Å². The number of sulfone groups is 1. The number of thiophene rings is 1. The van der Waals surface area contributed by atoms with Crippen molar-refractivity contribution in [3.8, 4) is 23.0 Å². The van der Waals surface area contributed by atoms with E-state index in [1.807, 2.05) is 0 Å². The number of benzene rings is 2. The van der Waals surface area contributed by atoms with Gasteiger partial charge in [-0.25, -0.2) is 8.42 Å². The Morgan fingerprint density at radius 3 is 2.06 bits per heavy atom. The molecule has 0 spiro atoms. The van der Waals surface area contributed by atoms with E-state index in [1.165, 1.54) is 64.0 Å². The molecule has 1 amide bonds. The molecule has 0 radical (unpaired) electrons. The van der Waals surface area contributed by atoms with Crippen LogP contribution in [0.1, 0.15) is 20.5 Å². The lowest BCUT2D eigenvalue weighted by Gasteiger charge is -2.18. The molecule has 1 heterocycles. The van der Waals surface area contributed by atoms with E-state index >= 15 is 0 Å². The summed E-state index contributed by atoms with van der Waals surface area (Å²) in [5.41, 5.74) is 0.247. The molecule has 1 aromatic heterocycles. The van der Waals surface area contributed by atoms with Gasteiger partial charge in [0.25, 0.3) is 5.91 Å². The standard InChI is InChI=1S/C23H25NO7S2/c1-28-16-7-9-17(10-8-16)33(26,27)21(20-6-5-11-32-20)14-24-23(25)15-12-18(29-2)22(31-4)19(13-15)30-3/h5-13,21H,14H2,1-4H3,(H,24,25). The Labute approximate surface area is 197 Å². The zero-order valence-corrected chi connectivity index (χ0v) is 20.3. The third-order valence-electron chi connectivity index (χ3n) is 5.00. The van der Waals surface area contributed by atoms with Crippen molar-refractivity contribution in [3.63, 3.8) is 0 Å². The zero-order chi connectivity index (χ0) is 24.0. The number of ether oxygens (including phenoxy) is 4. The van der Waals surface area contributed by atoms with Gasteiger partial charge >= 0.3 is 0 Å². The maximum Gasteiger partial charge on any atom is 0.251 e. The highest BCUT2D eigenvalue weighted by molar-refractivity contribution is 7.91. The Morgan fingerprint density at radius 2 is 1.58 bits per heavy atom. The molecule has 1 unspecified atom stereocenters. The maximum absolute atomic E-state index is 13.4. The summed E-state index contributed by atoms with van der Waals surface area (Å²) in [7, 11) is 2.09. The largest absolute Gasteiger partial charge is 0.497 e. The second-order valence-electron chi connectivity index (χ2n) is 6.85. The van der Waals surface area contributed by atoms with Gasteiger partial charge < -0.3 is 24.3 Å². The first-order valence-electron chi connectivity index (χ1n) is 9.85. The molecule has 2 aromatic carbocycles. The Hall–Kier alpha value is -3.24. The number of nitrogens with one attached hydrogen (secondary N) is 1. The van der Waals surface area contributed by atoms with Crippen LogP contribution in [0.4, 0.5) is 0 Å². The van der Waals surface area contributed by atoms with Crippen LogP contribution in [0, 0.1) is 0 Å². The highest BCUT2D eigenvalue weighted by Gasteiger charge is 2.31. The van der Waals surface area contributed by atoms with E-state index in [9.17, 15) is 13.2 Å². The number of carbonyl (C=O) groups excluding carboxylic acids is 1. The lowest BCUT2D eigenvalue weighted by Crippen LogP contribution is -2.31. The van der Waals surface area contributed by atoms with Gasteiger partial charge in [-0.2, -0.15) is 0 Å². The molecule has 1 atom stereocenters. The van der Waals surface area contributed by atoms with Crippen LogP contribution in [-0.4, -0.2) is 49.3 Å². The molecule has 0 saturated carbocycles. The Balaban J connectivity index is 1.89. The smallest absolute Gasteiger partial charge is 0.251 e. The molecular formula is C23H25NO7S2. The minimum atomic E-state index is -3.79. The van der Waals surface area contributed by atoms with Gasteiger partial charge in [0.1, 0.15) is 11.0 Å². The van der Waals surface area contributed by atoms with Crippen LogP contribution in [0.2, 0.25) is 0 Å². The maximum atomic E-state index is 13.4. The minimum absolute atomic E-state index is 0.121. The number of carbonyl (C=O) groups is 1. The number of amides is 1. The summed E-state index contributed by atoms with van der Waals surface area (Å²) >= 11 is 1.31. The first kappa shape index (κ1) is 24.4. The predicted molar refractivity (Wildman–Crippen MR) is 126 cm³/mol. The normalized spacial score (nSPS) is 12.0. The van der Waals surface area contributed by atoms with Crippen molar-refractivity contribution in [2.45, 2.75) is 10.1 Å². The molecule has 0 fully saturated rings. The van der Waals surface area contributed by atoms with Gasteiger partial charge in [0.05, 0.1) is 33.3 Å². The summed E-state index contributed by atoms with van der Waals surface area (Å²) in [6.45, 7) is -0.121. The summed E-state index contributed by atoms with van der Waals surface area (Å²) in [5.74, 6) is 1.08. The average Bonchev–Trinajstić information content (AvgIpc) is 3.37. The van der Waals surface area contributed by atoms with Crippen LogP contribution in [0.5, 0.6) is 23.0 Å². The molecule has 33 heavy (non-hydrogen) atoms. The van der Waals surface area contributed by atoms with Gasteiger partial charge in [0.15, 0.2) is 21.3 Å². The lowest BCUT2D eigenvalue weighted by atomic mass is 10.1. The first-order valence-corrected chi connectivity index (χ1v) is 12.3. The number of methoxy groups -OCH3 is 4. The average molecular weight is 492 g/mol. The molecule has 0 bridgehead atoms. The molecule has 3 aromatic rings. The molecule has 3 rings (SSSR count). The predicted octanol–water partition coefficient (Wildman–Crippen LogP) is 3.73. The molecule has 0 aliphatic rings. The van der Waals surface area contributed by atoms with Gasteiger partial charge in [0.2, 0.25) is 5.75 Å². The Bertz CT molecular complexity index is 1170. The fraction of sp³-hybridized carbons (Fsp3) is 0.261. The zero-order valence-electron chi connectivity index (χ0n) is 18.7. The van der Waals surface area contributed by atoms with Crippen LogP contribution < -0.4 is 24.3 Å². The lowest BCUT2D eigenvalue weighted by molar-refractivity contribution is 0.0953. The third kappa shape index (κ3) is 5.23. The van der Waals surface area contributed by atoms with E-state index in [1.54, 1.807) is 29.6 Å². The topological polar surface area (TPSA) is 100 Å². The van der Waals surface area contributed by atoms with Crippen molar-refractivity contribution in [2.24, 2.45) is 0 Å². The second kappa shape index (κ2) is 10.6. The van der Waals surface area contributed by atoms with E-state index in [4.69, 9.17) is 18.9 Å². The molecule has 1 N–H and O–H groups in total. The highest BCUT2D eigenvalue weighted by atomic mass is 32.2. The third-order valence-corrected chi connectivity index (χ3v) is 8.23. The molecule has 0 aliphatic heterocycles. The van der Waals surface area contributed by atoms with Gasteiger partial charge in [-0.1, -0.05) is 6.07 Å². The van der Waals surface area contributed by atoms with Crippen LogP contribution in [0.15, 0.2) is 58.8 Å². The summed E-state index contributed by atoms with van der Waals surface area (Å²) in [4.78, 5) is 13.7. The SMILES string of the molecule is COc1ccc(S(=O)(=O)C(CNC(=O)c2cc(OC)c(OC)c(OC)c2)c2cccs2)cc1. The number of hydrogen-bond acceptors (Lipinski definition) is 8. The van der Waals surface area contributed by atoms with Crippen molar-refractivity contribution in [1.29, 1.82) is 0 Å². The van der Waals surface area contributed by atoms with E-state index in [0.29, 0.717) is 27.9 Å². The van der Waals surface area contributed by atoms with Crippen molar-refractivity contribution >= 4 is 27.1 Å². The Morgan fingerprint density at radius 1 is 0.939 bits per heavy atom. The number of rotatable bonds is 10. The summed E-state index contributed by atoms with van der Waals surface area (Å²) in [6, 6.07) is 12.7. The second-order valence-corrected chi connectivity index (χ2v) is 9.96. The molecule has 0 saturated heterocycles. The van der Waals surface area contributed by atoms with E-state index in [2.05, 4.69) is 5.32 Å². The number of hydrogen-bond donors (Lipinski definition) is 1. The highest BCUT2D eigenvalue weighted by Crippen LogP contribution is 2.38. The van der Waals surface area contributed by atoms with Crippen molar-refractivity contribution in [2.75, 3.05) is 35.0 Å². The minimum Gasteiger partial charge on any atom is -0.497 e. The molecule has 176 valence electrons.